The average Bonchev–Trinajstić information content (AvgIpc) is 2.23. The van der Waals surface area contributed by atoms with Gasteiger partial charge in [-0.3, -0.25) is 0 Å². The van der Waals surface area contributed by atoms with Crippen molar-refractivity contribution in [2.75, 3.05) is 18.5 Å². The zero-order valence-corrected chi connectivity index (χ0v) is 10.9. The SMILES string of the molecule is Cc1cc(C(N)=S)cc(N(C)CCC(F)(F)F)n1. The molecule has 1 aromatic rings. The van der Waals surface area contributed by atoms with Crippen molar-refractivity contribution < 1.29 is 13.2 Å². The number of rotatable bonds is 4. The second kappa shape index (κ2) is 5.51. The van der Waals surface area contributed by atoms with Crippen LogP contribution < -0.4 is 10.6 Å². The van der Waals surface area contributed by atoms with E-state index in [-0.39, 0.29) is 11.5 Å². The van der Waals surface area contributed by atoms with E-state index in [0.717, 1.165) is 0 Å². The van der Waals surface area contributed by atoms with Crippen molar-refractivity contribution in [3.63, 3.8) is 0 Å². The fourth-order valence-electron chi connectivity index (χ4n) is 1.40. The molecule has 0 aliphatic heterocycles. The first-order valence-electron chi connectivity index (χ1n) is 5.25. The Bertz CT molecular complexity index is 446. The minimum absolute atomic E-state index is 0.156. The van der Waals surface area contributed by atoms with E-state index in [0.29, 0.717) is 17.1 Å². The second-order valence-corrected chi connectivity index (χ2v) is 4.45. The molecule has 7 heteroatoms. The van der Waals surface area contributed by atoms with Crippen LogP contribution >= 0.6 is 12.2 Å². The number of aryl methyl sites for hydroxylation is 1. The number of nitrogens with two attached hydrogens (primary N) is 1. The van der Waals surface area contributed by atoms with Crippen molar-refractivity contribution in [2.24, 2.45) is 5.73 Å². The number of nitrogens with zero attached hydrogens (tertiary/aromatic N) is 2. The highest BCUT2D eigenvalue weighted by atomic mass is 32.1. The van der Waals surface area contributed by atoms with Gasteiger partial charge in [0, 0.05) is 24.8 Å². The molecule has 0 aliphatic carbocycles. The van der Waals surface area contributed by atoms with E-state index >= 15 is 0 Å². The van der Waals surface area contributed by atoms with Gasteiger partial charge in [-0.15, -0.1) is 0 Å². The van der Waals surface area contributed by atoms with E-state index in [4.69, 9.17) is 18.0 Å². The Kier molecular flexibility index (Phi) is 4.50. The number of thiocarbonyl (C=S) groups is 1. The molecular formula is C11H14F3N3S. The van der Waals surface area contributed by atoms with Crippen molar-refractivity contribution in [3.05, 3.63) is 23.4 Å². The lowest BCUT2D eigenvalue weighted by Crippen LogP contribution is -2.25. The third kappa shape index (κ3) is 4.48. The summed E-state index contributed by atoms with van der Waals surface area (Å²) in [5.74, 6) is 0.432. The van der Waals surface area contributed by atoms with Crippen LogP contribution in [0.15, 0.2) is 12.1 Å². The average molecular weight is 277 g/mol. The third-order valence-electron chi connectivity index (χ3n) is 2.35. The van der Waals surface area contributed by atoms with Crippen LogP contribution in [0.4, 0.5) is 19.0 Å². The molecule has 0 aliphatic rings. The van der Waals surface area contributed by atoms with Gasteiger partial charge in [-0.05, 0) is 19.1 Å². The Morgan fingerprint density at radius 2 is 2.06 bits per heavy atom. The topological polar surface area (TPSA) is 42.1 Å². The van der Waals surface area contributed by atoms with Gasteiger partial charge in [0.2, 0.25) is 0 Å². The fourth-order valence-corrected chi connectivity index (χ4v) is 1.52. The van der Waals surface area contributed by atoms with Crippen LogP contribution in [0.2, 0.25) is 0 Å². The summed E-state index contributed by atoms with van der Waals surface area (Å²) in [4.78, 5) is 5.79. The summed E-state index contributed by atoms with van der Waals surface area (Å²) in [5, 5.41) is 0. The third-order valence-corrected chi connectivity index (χ3v) is 2.58. The number of anilines is 1. The van der Waals surface area contributed by atoms with Crippen molar-refractivity contribution >= 4 is 23.0 Å². The summed E-state index contributed by atoms with van der Waals surface area (Å²) in [7, 11) is 1.55. The zero-order valence-electron chi connectivity index (χ0n) is 10.1. The maximum atomic E-state index is 12.1. The van der Waals surface area contributed by atoms with E-state index in [9.17, 15) is 13.2 Å². The quantitative estimate of drug-likeness (QED) is 0.858. The minimum atomic E-state index is -4.18. The first-order chi connectivity index (χ1) is 8.19. The molecule has 0 unspecified atom stereocenters. The number of pyridine rings is 1. The molecule has 1 rings (SSSR count). The maximum Gasteiger partial charge on any atom is 0.390 e. The first kappa shape index (κ1) is 14.7. The largest absolute Gasteiger partial charge is 0.390 e. The molecule has 3 nitrogen and oxygen atoms in total. The maximum absolute atomic E-state index is 12.1. The molecule has 1 aromatic heterocycles. The first-order valence-corrected chi connectivity index (χ1v) is 5.66. The molecular weight excluding hydrogens is 263 g/mol. The van der Waals surface area contributed by atoms with Crippen molar-refractivity contribution in [1.82, 2.24) is 4.98 Å². The van der Waals surface area contributed by atoms with E-state index in [2.05, 4.69) is 4.98 Å². The minimum Gasteiger partial charge on any atom is -0.389 e. The molecule has 0 amide bonds. The van der Waals surface area contributed by atoms with Gasteiger partial charge in [-0.25, -0.2) is 4.98 Å². The van der Waals surface area contributed by atoms with E-state index in [1.165, 1.54) is 4.90 Å². The molecule has 0 bridgehead atoms. The Hall–Kier alpha value is -1.37. The Morgan fingerprint density at radius 3 is 2.56 bits per heavy atom. The van der Waals surface area contributed by atoms with Gasteiger partial charge in [0.1, 0.15) is 10.8 Å². The van der Waals surface area contributed by atoms with Crippen LogP contribution in [0.5, 0.6) is 0 Å². The lowest BCUT2D eigenvalue weighted by Gasteiger charge is -2.20. The molecule has 100 valence electrons. The predicted molar refractivity (Wildman–Crippen MR) is 68.8 cm³/mol. The smallest absolute Gasteiger partial charge is 0.389 e. The van der Waals surface area contributed by atoms with Crippen molar-refractivity contribution in [1.29, 1.82) is 0 Å². The molecule has 0 saturated carbocycles. The van der Waals surface area contributed by atoms with Crippen LogP contribution in [-0.4, -0.2) is 29.7 Å². The van der Waals surface area contributed by atoms with E-state index in [1.54, 1.807) is 26.1 Å². The molecule has 0 atom stereocenters. The summed E-state index contributed by atoms with van der Waals surface area (Å²) < 4.78 is 36.4. The van der Waals surface area contributed by atoms with Crippen LogP contribution in [0.1, 0.15) is 17.7 Å². The number of halogens is 3. The monoisotopic (exact) mass is 277 g/mol. The van der Waals surface area contributed by atoms with E-state index < -0.39 is 12.6 Å². The molecule has 0 saturated heterocycles. The number of hydrogen-bond acceptors (Lipinski definition) is 3. The van der Waals surface area contributed by atoms with Gasteiger partial charge in [-0.1, -0.05) is 12.2 Å². The van der Waals surface area contributed by atoms with E-state index in [1.807, 2.05) is 0 Å². The molecule has 0 spiro atoms. The van der Waals surface area contributed by atoms with Gasteiger partial charge in [0.15, 0.2) is 0 Å². The Morgan fingerprint density at radius 1 is 1.44 bits per heavy atom. The summed E-state index contributed by atoms with van der Waals surface area (Å²) in [6.45, 7) is 1.58. The summed E-state index contributed by atoms with van der Waals surface area (Å²) in [6.07, 6.45) is -5.06. The molecule has 0 fully saturated rings. The lowest BCUT2D eigenvalue weighted by atomic mass is 10.2. The van der Waals surface area contributed by atoms with Crippen molar-refractivity contribution in [3.8, 4) is 0 Å². The number of aromatic nitrogens is 1. The van der Waals surface area contributed by atoms with Gasteiger partial charge in [-0.2, -0.15) is 13.2 Å². The standard InChI is InChI=1S/C11H14F3N3S/c1-7-5-8(10(15)18)6-9(16-7)17(2)4-3-11(12,13)14/h5-6H,3-4H2,1-2H3,(H2,15,18). The summed E-state index contributed by atoms with van der Waals surface area (Å²) in [6, 6.07) is 3.29. The van der Waals surface area contributed by atoms with Gasteiger partial charge < -0.3 is 10.6 Å². The molecule has 1 heterocycles. The van der Waals surface area contributed by atoms with Crippen LogP contribution in [0.25, 0.3) is 0 Å². The summed E-state index contributed by atoms with van der Waals surface area (Å²) >= 11 is 4.84. The molecule has 18 heavy (non-hydrogen) atoms. The van der Waals surface area contributed by atoms with Crippen LogP contribution in [0, 0.1) is 6.92 Å². The number of hydrogen-bond donors (Lipinski definition) is 1. The summed E-state index contributed by atoms with van der Waals surface area (Å²) in [5.41, 5.74) is 6.76. The Balaban J connectivity index is 2.85. The van der Waals surface area contributed by atoms with Crippen molar-refractivity contribution in [2.45, 2.75) is 19.5 Å². The predicted octanol–water partition coefficient (Wildman–Crippen LogP) is 2.41. The Labute approximate surface area is 109 Å². The van der Waals surface area contributed by atoms with Gasteiger partial charge >= 0.3 is 6.18 Å². The highest BCUT2D eigenvalue weighted by Crippen LogP contribution is 2.21. The fraction of sp³-hybridized carbons (Fsp3) is 0.455. The second-order valence-electron chi connectivity index (χ2n) is 4.01. The lowest BCUT2D eigenvalue weighted by molar-refractivity contribution is -0.132. The normalized spacial score (nSPS) is 11.4. The van der Waals surface area contributed by atoms with Crippen LogP contribution in [-0.2, 0) is 0 Å². The highest BCUT2D eigenvalue weighted by Gasteiger charge is 2.27. The van der Waals surface area contributed by atoms with Crippen LogP contribution in [0.3, 0.4) is 0 Å². The van der Waals surface area contributed by atoms with Gasteiger partial charge in [0.05, 0.1) is 6.42 Å². The van der Waals surface area contributed by atoms with Gasteiger partial charge in [0.25, 0.3) is 0 Å². The zero-order chi connectivity index (χ0) is 13.9. The molecule has 2 N–H and O–H groups in total. The molecule has 0 radical (unpaired) electrons. The molecule has 0 aromatic carbocycles. The number of alkyl halides is 3. The highest BCUT2D eigenvalue weighted by molar-refractivity contribution is 7.80.